The van der Waals surface area contributed by atoms with Crippen LogP contribution >= 0.6 is 0 Å². The Labute approximate surface area is 95.2 Å². The van der Waals surface area contributed by atoms with Crippen LogP contribution in [0.15, 0.2) is 48.5 Å². The molecule has 1 atom stereocenters. The van der Waals surface area contributed by atoms with Crippen molar-refractivity contribution < 1.29 is 0 Å². The molecular weight excluding hydrogens is 192 g/mol. The normalized spacial score (nSPS) is 19.3. The highest BCUT2D eigenvalue weighted by Crippen LogP contribution is 2.55. The third-order valence-electron chi connectivity index (χ3n) is 3.64. The lowest BCUT2D eigenvalue weighted by molar-refractivity contribution is 1.21. The molecule has 4 rings (SSSR count). The second kappa shape index (κ2) is 2.65. The summed E-state index contributed by atoms with van der Waals surface area (Å²) in [5.74, 6) is 0.602. The average molecular weight is 204 g/mol. The van der Waals surface area contributed by atoms with Crippen molar-refractivity contribution in [2.45, 2.75) is 12.8 Å². The Hall–Kier alpha value is -1.82. The van der Waals surface area contributed by atoms with Gasteiger partial charge in [-0.15, -0.1) is 0 Å². The van der Waals surface area contributed by atoms with Gasteiger partial charge in [-0.1, -0.05) is 54.1 Å². The Morgan fingerprint density at radius 1 is 0.875 bits per heavy atom. The monoisotopic (exact) mass is 204 g/mol. The van der Waals surface area contributed by atoms with Gasteiger partial charge in [-0.05, 0) is 34.8 Å². The van der Waals surface area contributed by atoms with E-state index in [0.717, 1.165) is 0 Å². The van der Waals surface area contributed by atoms with Crippen LogP contribution in [0.2, 0.25) is 0 Å². The van der Waals surface area contributed by atoms with Crippen LogP contribution in [0.4, 0.5) is 0 Å². The van der Waals surface area contributed by atoms with Crippen LogP contribution in [0.3, 0.4) is 0 Å². The van der Waals surface area contributed by atoms with Crippen LogP contribution in [0.5, 0.6) is 0 Å². The molecule has 0 heteroatoms. The van der Waals surface area contributed by atoms with Gasteiger partial charge in [0.2, 0.25) is 0 Å². The molecule has 0 saturated heterocycles. The Bertz CT molecular complexity index is 632. The van der Waals surface area contributed by atoms with Gasteiger partial charge >= 0.3 is 0 Å². The van der Waals surface area contributed by atoms with E-state index in [2.05, 4.69) is 55.5 Å². The summed E-state index contributed by atoms with van der Waals surface area (Å²) in [7, 11) is 0. The van der Waals surface area contributed by atoms with E-state index in [9.17, 15) is 0 Å². The zero-order valence-corrected chi connectivity index (χ0v) is 9.20. The lowest BCUT2D eigenvalue weighted by Gasteiger charge is -2.19. The molecule has 0 fully saturated rings. The second-order valence-corrected chi connectivity index (χ2v) is 4.74. The predicted molar refractivity (Wildman–Crippen MR) is 67.3 cm³/mol. The summed E-state index contributed by atoms with van der Waals surface area (Å²) in [6.07, 6.45) is 2.38. The van der Waals surface area contributed by atoms with Crippen LogP contribution in [-0.4, -0.2) is 0 Å². The molecule has 0 N–H and O–H groups in total. The predicted octanol–water partition coefficient (Wildman–Crippen LogP) is 4.16. The number of hydrogen-bond acceptors (Lipinski definition) is 0. The molecule has 1 unspecified atom stereocenters. The summed E-state index contributed by atoms with van der Waals surface area (Å²) in [6.45, 7) is 2.17. The lowest BCUT2D eigenvalue weighted by atomic mass is 9.84. The fraction of sp³-hybridized carbons (Fsp3) is 0.125. The molecule has 2 aromatic rings. The van der Waals surface area contributed by atoms with Gasteiger partial charge in [0, 0.05) is 5.92 Å². The Morgan fingerprint density at radius 2 is 1.69 bits per heavy atom. The quantitative estimate of drug-likeness (QED) is 0.604. The van der Waals surface area contributed by atoms with Crippen molar-refractivity contribution in [2.24, 2.45) is 0 Å². The number of allylic oxidation sites excluding steroid dienone is 2. The van der Waals surface area contributed by atoms with Gasteiger partial charge in [0.15, 0.2) is 0 Å². The third-order valence-corrected chi connectivity index (χ3v) is 3.64. The minimum Gasteiger partial charge on any atom is -0.0678 e. The van der Waals surface area contributed by atoms with Crippen molar-refractivity contribution in [3.8, 4) is 11.1 Å². The van der Waals surface area contributed by atoms with Crippen molar-refractivity contribution in [2.75, 3.05) is 0 Å². The second-order valence-electron chi connectivity index (χ2n) is 4.74. The van der Waals surface area contributed by atoms with Crippen molar-refractivity contribution in [1.29, 1.82) is 0 Å². The van der Waals surface area contributed by atoms with Gasteiger partial charge in [-0.25, -0.2) is 0 Å². The van der Waals surface area contributed by atoms with Crippen LogP contribution in [0.25, 0.3) is 16.7 Å². The Balaban J connectivity index is 2.09. The first-order valence-corrected chi connectivity index (χ1v) is 5.76. The maximum absolute atomic E-state index is 2.38. The van der Waals surface area contributed by atoms with E-state index in [4.69, 9.17) is 0 Å². The van der Waals surface area contributed by atoms with Crippen LogP contribution in [0, 0.1) is 6.92 Å². The molecular formula is C16H12. The topological polar surface area (TPSA) is 0 Å². The number of rotatable bonds is 0. The third kappa shape index (κ3) is 0.943. The molecule has 0 nitrogen and oxygen atoms in total. The fourth-order valence-electron chi connectivity index (χ4n) is 2.79. The summed E-state index contributed by atoms with van der Waals surface area (Å²) >= 11 is 0. The minimum atomic E-state index is 0.602. The van der Waals surface area contributed by atoms with Gasteiger partial charge in [-0.2, -0.15) is 0 Å². The molecule has 2 aliphatic carbocycles. The van der Waals surface area contributed by atoms with E-state index < -0.39 is 0 Å². The van der Waals surface area contributed by atoms with Gasteiger partial charge in [0.25, 0.3) is 0 Å². The maximum Gasteiger partial charge on any atom is 0.0285 e. The summed E-state index contributed by atoms with van der Waals surface area (Å²) in [6, 6.07) is 15.6. The minimum absolute atomic E-state index is 0.602. The molecule has 0 aromatic heterocycles. The first-order valence-electron chi connectivity index (χ1n) is 5.76. The SMILES string of the molecule is Cc1ccc2c(c1)-c1ccccc1C1=CC12. The van der Waals surface area contributed by atoms with Crippen molar-refractivity contribution in [1.82, 2.24) is 0 Å². The molecule has 0 heterocycles. The van der Waals surface area contributed by atoms with Crippen LogP contribution in [-0.2, 0) is 0 Å². The van der Waals surface area contributed by atoms with Crippen molar-refractivity contribution in [3.05, 3.63) is 65.2 Å². The van der Waals surface area contributed by atoms with E-state index in [1.165, 1.54) is 33.4 Å². The zero-order valence-electron chi connectivity index (χ0n) is 9.20. The van der Waals surface area contributed by atoms with E-state index in [1.54, 1.807) is 0 Å². The fourth-order valence-corrected chi connectivity index (χ4v) is 2.79. The highest BCUT2D eigenvalue weighted by molar-refractivity contribution is 5.99. The zero-order chi connectivity index (χ0) is 10.7. The molecule has 76 valence electrons. The Kier molecular flexibility index (Phi) is 1.38. The lowest BCUT2D eigenvalue weighted by Crippen LogP contribution is -1.98. The summed E-state index contributed by atoms with van der Waals surface area (Å²) in [5.41, 5.74) is 8.62. The maximum atomic E-state index is 2.38. The number of benzene rings is 2. The number of hydrogen-bond donors (Lipinski definition) is 0. The first-order chi connectivity index (χ1) is 7.84. The summed E-state index contributed by atoms with van der Waals surface area (Å²) < 4.78 is 0. The smallest absolute Gasteiger partial charge is 0.0285 e. The largest absolute Gasteiger partial charge is 0.0678 e. The van der Waals surface area contributed by atoms with Gasteiger partial charge < -0.3 is 0 Å². The van der Waals surface area contributed by atoms with Gasteiger partial charge in [0.1, 0.15) is 0 Å². The van der Waals surface area contributed by atoms with E-state index in [0.29, 0.717) is 5.92 Å². The standard InChI is InChI=1S/C16H12/c1-10-6-7-13-14(8-10)11-4-2-3-5-12(11)15-9-16(13)15/h2-9,16H,1H3. The molecule has 0 amide bonds. The van der Waals surface area contributed by atoms with Crippen LogP contribution < -0.4 is 0 Å². The first kappa shape index (κ1) is 8.35. The Morgan fingerprint density at radius 3 is 2.56 bits per heavy atom. The van der Waals surface area contributed by atoms with E-state index in [1.807, 2.05) is 0 Å². The molecule has 0 aliphatic heterocycles. The van der Waals surface area contributed by atoms with Crippen molar-refractivity contribution in [3.63, 3.8) is 0 Å². The molecule has 0 spiro atoms. The highest BCUT2D eigenvalue weighted by atomic mass is 14.4. The number of fused-ring (bicyclic) bond motifs is 6. The van der Waals surface area contributed by atoms with Crippen molar-refractivity contribution >= 4 is 5.57 Å². The molecule has 0 radical (unpaired) electrons. The average Bonchev–Trinajstić information content (AvgIpc) is 3.09. The van der Waals surface area contributed by atoms with E-state index in [-0.39, 0.29) is 0 Å². The molecule has 2 aliphatic rings. The molecule has 2 aromatic carbocycles. The van der Waals surface area contributed by atoms with Gasteiger partial charge in [-0.3, -0.25) is 0 Å². The number of aryl methyl sites for hydroxylation is 1. The molecule has 0 saturated carbocycles. The summed E-state index contributed by atoms with van der Waals surface area (Å²) in [5, 5.41) is 0. The highest BCUT2D eigenvalue weighted by Gasteiger charge is 2.35. The van der Waals surface area contributed by atoms with Crippen LogP contribution in [0.1, 0.15) is 22.6 Å². The molecule has 16 heavy (non-hydrogen) atoms. The van der Waals surface area contributed by atoms with Gasteiger partial charge in [0.05, 0.1) is 0 Å². The molecule has 0 bridgehead atoms. The van der Waals surface area contributed by atoms with E-state index >= 15 is 0 Å². The summed E-state index contributed by atoms with van der Waals surface area (Å²) in [4.78, 5) is 0.